The molecule has 2 aromatic carbocycles. The molecule has 0 saturated heterocycles. The molecule has 1 atom stereocenters. The highest BCUT2D eigenvalue weighted by atomic mass is 16.2. The molecule has 1 aliphatic carbocycles. The van der Waals surface area contributed by atoms with Crippen molar-refractivity contribution in [3.63, 3.8) is 0 Å². The van der Waals surface area contributed by atoms with Gasteiger partial charge in [-0.15, -0.1) is 0 Å². The fourth-order valence-electron chi connectivity index (χ4n) is 4.41. The van der Waals surface area contributed by atoms with E-state index in [1.165, 1.54) is 6.07 Å². The van der Waals surface area contributed by atoms with Crippen LogP contribution in [-0.4, -0.2) is 22.4 Å². The Kier molecular flexibility index (Phi) is 7.12. The Balaban J connectivity index is 1.60. The second-order valence-electron chi connectivity index (χ2n) is 8.59. The highest BCUT2D eigenvalue weighted by Crippen LogP contribution is 2.29. The maximum absolute atomic E-state index is 13.1. The zero-order valence-corrected chi connectivity index (χ0v) is 18.2. The molecule has 0 radical (unpaired) electrons. The summed E-state index contributed by atoms with van der Waals surface area (Å²) < 4.78 is 0. The zero-order valence-electron chi connectivity index (χ0n) is 18.2. The van der Waals surface area contributed by atoms with Crippen molar-refractivity contribution in [2.75, 3.05) is 6.54 Å². The molecule has 0 spiro atoms. The van der Waals surface area contributed by atoms with E-state index in [-0.39, 0.29) is 17.4 Å². The van der Waals surface area contributed by atoms with Crippen LogP contribution in [-0.2, 0) is 11.2 Å². The van der Waals surface area contributed by atoms with Crippen LogP contribution in [0.3, 0.4) is 0 Å². The fraction of sp³-hybridized carbons (Fsp3) is 0.346. The van der Waals surface area contributed by atoms with Crippen molar-refractivity contribution in [1.82, 2.24) is 15.3 Å². The molecule has 1 aliphatic rings. The lowest BCUT2D eigenvalue weighted by Crippen LogP contribution is -2.38. The van der Waals surface area contributed by atoms with Gasteiger partial charge in [0.1, 0.15) is 5.82 Å². The number of nitrogens with zero attached hydrogens (tertiary/aromatic N) is 1. The number of H-pyrrole nitrogens is 1. The van der Waals surface area contributed by atoms with Gasteiger partial charge in [0.2, 0.25) is 5.91 Å². The molecule has 1 fully saturated rings. The van der Waals surface area contributed by atoms with Crippen LogP contribution in [0.15, 0.2) is 71.5 Å². The van der Waals surface area contributed by atoms with Crippen molar-refractivity contribution in [3.8, 4) is 11.3 Å². The van der Waals surface area contributed by atoms with Gasteiger partial charge in [-0.3, -0.25) is 9.59 Å². The Bertz CT molecular complexity index is 1070. The smallest absolute Gasteiger partial charge is 0.251 e. The van der Waals surface area contributed by atoms with Crippen LogP contribution in [0, 0.1) is 11.8 Å². The molecule has 1 amide bonds. The molecule has 6 nitrogen and oxygen atoms in total. The van der Waals surface area contributed by atoms with Crippen molar-refractivity contribution >= 4 is 5.91 Å². The molecule has 32 heavy (non-hydrogen) atoms. The van der Waals surface area contributed by atoms with Crippen LogP contribution in [0.4, 0.5) is 0 Å². The molecule has 166 valence electrons. The van der Waals surface area contributed by atoms with Gasteiger partial charge in [0, 0.05) is 17.5 Å². The van der Waals surface area contributed by atoms with Crippen molar-refractivity contribution < 1.29 is 4.79 Å². The van der Waals surface area contributed by atoms with Gasteiger partial charge in [0.15, 0.2) is 0 Å². The van der Waals surface area contributed by atoms with E-state index < -0.39 is 6.04 Å². The predicted molar refractivity (Wildman–Crippen MR) is 126 cm³/mol. The van der Waals surface area contributed by atoms with Gasteiger partial charge in [-0.2, -0.15) is 0 Å². The quantitative estimate of drug-likeness (QED) is 0.533. The van der Waals surface area contributed by atoms with E-state index in [0.29, 0.717) is 30.4 Å². The lowest BCUT2D eigenvalue weighted by Gasteiger charge is -2.28. The third kappa shape index (κ3) is 5.51. The average molecular weight is 431 g/mol. The number of amides is 1. The predicted octanol–water partition coefficient (Wildman–Crippen LogP) is 3.60. The summed E-state index contributed by atoms with van der Waals surface area (Å²) in [5.41, 5.74) is 8.10. The molecule has 4 N–H and O–H groups in total. The Morgan fingerprint density at radius 2 is 1.69 bits per heavy atom. The van der Waals surface area contributed by atoms with E-state index in [0.717, 1.165) is 36.8 Å². The standard InChI is InChI=1S/C26H30N4O2/c27-17-19-11-13-21(14-12-19)26(32)29-23(15-18-7-3-1-4-8-18)25-28-22(16-24(31)30-25)20-9-5-2-6-10-20/h1-10,16,19,21,23H,11-15,17,27H2,(H,29,32)(H,28,30,31)/t19-,21-,23-/m0/s1. The van der Waals surface area contributed by atoms with Crippen molar-refractivity contribution in [2.45, 2.75) is 38.1 Å². The molecule has 0 unspecified atom stereocenters. The lowest BCUT2D eigenvalue weighted by atomic mass is 9.81. The molecule has 1 saturated carbocycles. The highest BCUT2D eigenvalue weighted by molar-refractivity contribution is 5.79. The normalized spacial score (nSPS) is 19.3. The number of nitrogens with two attached hydrogens (primary N) is 1. The molecule has 1 heterocycles. The largest absolute Gasteiger partial charge is 0.346 e. The van der Waals surface area contributed by atoms with Crippen molar-refractivity contribution in [1.29, 1.82) is 0 Å². The summed E-state index contributed by atoms with van der Waals surface area (Å²) in [5, 5.41) is 3.19. The first-order valence-corrected chi connectivity index (χ1v) is 11.3. The Morgan fingerprint density at radius 3 is 2.34 bits per heavy atom. The van der Waals surface area contributed by atoms with Crippen LogP contribution in [0.25, 0.3) is 11.3 Å². The van der Waals surface area contributed by atoms with Gasteiger partial charge in [-0.1, -0.05) is 60.7 Å². The number of benzene rings is 2. The second kappa shape index (κ2) is 10.4. The first kappa shape index (κ1) is 22.0. The number of aromatic nitrogens is 2. The van der Waals surface area contributed by atoms with Crippen LogP contribution >= 0.6 is 0 Å². The van der Waals surface area contributed by atoms with Crippen molar-refractivity contribution in [2.24, 2.45) is 17.6 Å². The molecule has 6 heteroatoms. The third-order valence-electron chi connectivity index (χ3n) is 6.31. The van der Waals surface area contributed by atoms with E-state index in [9.17, 15) is 9.59 Å². The van der Waals surface area contributed by atoms with E-state index in [1.54, 1.807) is 0 Å². The van der Waals surface area contributed by atoms with Crippen LogP contribution in [0.5, 0.6) is 0 Å². The van der Waals surface area contributed by atoms with Gasteiger partial charge in [0.05, 0.1) is 11.7 Å². The topological polar surface area (TPSA) is 101 Å². The number of rotatable bonds is 7. The number of carbonyl (C=O) groups excluding carboxylic acids is 1. The number of carbonyl (C=O) groups is 1. The summed E-state index contributed by atoms with van der Waals surface area (Å²) in [7, 11) is 0. The molecule has 4 rings (SSSR count). The molecule has 0 aliphatic heterocycles. The summed E-state index contributed by atoms with van der Waals surface area (Å²) in [5.74, 6) is 0.984. The van der Waals surface area contributed by atoms with Crippen LogP contribution < -0.4 is 16.6 Å². The highest BCUT2D eigenvalue weighted by Gasteiger charge is 2.28. The van der Waals surface area contributed by atoms with E-state index in [2.05, 4.69) is 10.3 Å². The van der Waals surface area contributed by atoms with Gasteiger partial charge >= 0.3 is 0 Å². The number of hydrogen-bond donors (Lipinski definition) is 3. The minimum atomic E-state index is -0.423. The Morgan fingerprint density at radius 1 is 1.03 bits per heavy atom. The Labute approximate surface area is 188 Å². The van der Waals surface area contributed by atoms with Gasteiger partial charge in [-0.25, -0.2) is 4.98 Å². The third-order valence-corrected chi connectivity index (χ3v) is 6.31. The van der Waals surface area contributed by atoms with Crippen molar-refractivity contribution in [3.05, 3.63) is 88.5 Å². The molecule has 3 aromatic rings. The molecular formula is C26H30N4O2. The summed E-state index contributed by atoms with van der Waals surface area (Å²) in [6, 6.07) is 20.6. The second-order valence-corrected chi connectivity index (χ2v) is 8.59. The van der Waals surface area contributed by atoms with E-state index in [1.807, 2.05) is 60.7 Å². The first-order chi connectivity index (χ1) is 15.6. The average Bonchev–Trinajstić information content (AvgIpc) is 2.84. The van der Waals surface area contributed by atoms with E-state index in [4.69, 9.17) is 10.7 Å². The summed E-state index contributed by atoms with van der Waals surface area (Å²) >= 11 is 0. The Hall–Kier alpha value is -3.25. The summed E-state index contributed by atoms with van der Waals surface area (Å²) in [6.45, 7) is 0.683. The lowest BCUT2D eigenvalue weighted by molar-refractivity contribution is -0.127. The number of hydrogen-bond acceptors (Lipinski definition) is 4. The zero-order chi connectivity index (χ0) is 22.3. The van der Waals surface area contributed by atoms with Gasteiger partial charge in [-0.05, 0) is 50.1 Å². The molecule has 0 bridgehead atoms. The summed E-state index contributed by atoms with van der Waals surface area (Å²) in [4.78, 5) is 33.2. The maximum Gasteiger partial charge on any atom is 0.251 e. The maximum atomic E-state index is 13.1. The van der Waals surface area contributed by atoms with Crippen LogP contribution in [0.2, 0.25) is 0 Å². The SMILES string of the molecule is NC[C@H]1CC[C@H](C(=O)N[C@@H](Cc2ccccc2)c2nc(-c3ccccc3)cc(=O)[nH]2)CC1. The number of nitrogens with one attached hydrogen (secondary N) is 2. The van der Waals surface area contributed by atoms with Crippen LogP contribution in [0.1, 0.15) is 43.1 Å². The monoisotopic (exact) mass is 430 g/mol. The molecular weight excluding hydrogens is 400 g/mol. The van der Waals surface area contributed by atoms with Gasteiger partial charge in [0.25, 0.3) is 5.56 Å². The minimum absolute atomic E-state index is 0.0224. The van der Waals surface area contributed by atoms with E-state index >= 15 is 0 Å². The van der Waals surface area contributed by atoms with Gasteiger partial charge < -0.3 is 16.0 Å². The summed E-state index contributed by atoms with van der Waals surface area (Å²) in [6.07, 6.45) is 4.21. The minimum Gasteiger partial charge on any atom is -0.346 e. The number of aromatic amines is 1. The first-order valence-electron chi connectivity index (χ1n) is 11.3. The molecule has 1 aromatic heterocycles. The fourth-order valence-corrected chi connectivity index (χ4v) is 4.41.